The van der Waals surface area contributed by atoms with Gasteiger partial charge in [0.25, 0.3) is 0 Å². The fourth-order valence-electron chi connectivity index (χ4n) is 2.79. The van der Waals surface area contributed by atoms with Crippen LogP contribution in [0.25, 0.3) is 0 Å². The Hall–Kier alpha value is -0.930. The van der Waals surface area contributed by atoms with Gasteiger partial charge in [-0.2, -0.15) is 0 Å². The van der Waals surface area contributed by atoms with Crippen LogP contribution in [0.4, 0.5) is 4.39 Å². The maximum atomic E-state index is 13.4. The van der Waals surface area contributed by atoms with E-state index in [-0.39, 0.29) is 5.82 Å². The minimum absolute atomic E-state index is 0.153. The van der Waals surface area contributed by atoms with Crippen molar-refractivity contribution in [3.05, 3.63) is 35.6 Å². The van der Waals surface area contributed by atoms with Crippen LogP contribution in [0, 0.1) is 5.82 Å². The maximum Gasteiger partial charge on any atom is 0.123 e. The van der Waals surface area contributed by atoms with Crippen molar-refractivity contribution in [2.45, 2.75) is 51.2 Å². The zero-order chi connectivity index (χ0) is 13.7. The lowest BCUT2D eigenvalue weighted by Gasteiger charge is -2.21. The molecule has 2 nitrogen and oxygen atoms in total. The average molecular weight is 265 g/mol. The maximum absolute atomic E-state index is 13.4. The monoisotopic (exact) mass is 265 g/mol. The highest BCUT2D eigenvalue weighted by atomic mass is 19.1. The fraction of sp³-hybridized carbons (Fsp3) is 0.625. The van der Waals surface area contributed by atoms with E-state index in [0.717, 1.165) is 37.9 Å². The third-order valence-corrected chi connectivity index (χ3v) is 3.83. The average Bonchev–Trinajstić information content (AvgIpc) is 2.80. The highest BCUT2D eigenvalue weighted by Gasteiger charge is 2.25. The van der Waals surface area contributed by atoms with Crippen LogP contribution in [-0.4, -0.2) is 25.3 Å². The van der Waals surface area contributed by atoms with Crippen LogP contribution in [-0.2, 0) is 4.74 Å². The molecule has 106 valence electrons. The molecule has 3 unspecified atom stereocenters. The van der Waals surface area contributed by atoms with Gasteiger partial charge in [0.05, 0.1) is 12.2 Å². The van der Waals surface area contributed by atoms with E-state index in [4.69, 9.17) is 4.74 Å². The van der Waals surface area contributed by atoms with E-state index < -0.39 is 0 Å². The van der Waals surface area contributed by atoms with E-state index >= 15 is 0 Å². The molecule has 1 aromatic rings. The summed E-state index contributed by atoms with van der Waals surface area (Å²) in [6.07, 6.45) is 3.93. The van der Waals surface area contributed by atoms with Crippen LogP contribution in [0.2, 0.25) is 0 Å². The Kier molecular flexibility index (Phi) is 5.34. The van der Waals surface area contributed by atoms with Crippen LogP contribution in [0.1, 0.15) is 44.6 Å². The third kappa shape index (κ3) is 4.29. The van der Waals surface area contributed by atoms with Gasteiger partial charge in [0, 0.05) is 6.54 Å². The number of halogens is 1. The predicted molar refractivity (Wildman–Crippen MR) is 75.9 cm³/mol. The lowest BCUT2D eigenvalue weighted by Crippen LogP contribution is -2.24. The molecule has 0 bridgehead atoms. The second-order valence-corrected chi connectivity index (χ2v) is 5.44. The Morgan fingerprint density at radius 2 is 2.26 bits per heavy atom. The molecule has 0 amide bonds. The van der Waals surface area contributed by atoms with Crippen LogP contribution in [0.5, 0.6) is 0 Å². The molecule has 0 spiro atoms. The summed E-state index contributed by atoms with van der Waals surface area (Å²) < 4.78 is 19.3. The summed E-state index contributed by atoms with van der Waals surface area (Å²) in [6, 6.07) is 6.97. The number of hydrogen-bond acceptors (Lipinski definition) is 2. The largest absolute Gasteiger partial charge is 0.375 e. The summed E-state index contributed by atoms with van der Waals surface area (Å²) in [6.45, 7) is 6.04. The van der Waals surface area contributed by atoms with Gasteiger partial charge in [0.2, 0.25) is 0 Å². The molecule has 1 aliphatic rings. The molecular weight excluding hydrogens is 241 g/mol. The van der Waals surface area contributed by atoms with Gasteiger partial charge in [0.15, 0.2) is 0 Å². The number of hydrogen-bond donors (Lipinski definition) is 1. The number of likely N-dealkylation sites (N-methyl/N-ethyl adjacent to an activating group) is 1. The summed E-state index contributed by atoms with van der Waals surface area (Å²) >= 11 is 0. The van der Waals surface area contributed by atoms with Crippen LogP contribution in [0.3, 0.4) is 0 Å². The van der Waals surface area contributed by atoms with Crippen LogP contribution in [0.15, 0.2) is 24.3 Å². The molecule has 1 heterocycles. The number of ether oxygens (including phenoxy) is 1. The minimum Gasteiger partial charge on any atom is -0.375 e. The summed E-state index contributed by atoms with van der Waals surface area (Å²) in [5.74, 6) is 0.172. The Morgan fingerprint density at radius 1 is 1.42 bits per heavy atom. The van der Waals surface area contributed by atoms with Gasteiger partial charge in [-0.25, -0.2) is 4.39 Å². The lowest BCUT2D eigenvalue weighted by molar-refractivity contribution is 0.0466. The highest BCUT2D eigenvalue weighted by Crippen LogP contribution is 2.29. The van der Waals surface area contributed by atoms with E-state index in [9.17, 15) is 4.39 Å². The first-order chi connectivity index (χ1) is 9.19. The number of nitrogens with one attached hydrogen (secondary N) is 1. The van der Waals surface area contributed by atoms with E-state index in [1.165, 1.54) is 6.07 Å². The van der Waals surface area contributed by atoms with Gasteiger partial charge in [-0.1, -0.05) is 19.1 Å². The first kappa shape index (κ1) is 14.5. The first-order valence-corrected chi connectivity index (χ1v) is 7.30. The van der Waals surface area contributed by atoms with Gasteiger partial charge in [-0.3, -0.25) is 0 Å². The fourth-order valence-corrected chi connectivity index (χ4v) is 2.79. The molecule has 0 aromatic heterocycles. The Labute approximate surface area is 115 Å². The number of rotatable bonds is 6. The smallest absolute Gasteiger partial charge is 0.123 e. The topological polar surface area (TPSA) is 21.3 Å². The Balaban J connectivity index is 2.02. The van der Waals surface area contributed by atoms with Crippen molar-refractivity contribution < 1.29 is 9.13 Å². The molecule has 19 heavy (non-hydrogen) atoms. The molecule has 1 N–H and O–H groups in total. The summed E-state index contributed by atoms with van der Waals surface area (Å²) in [5, 5.41) is 3.37. The van der Waals surface area contributed by atoms with E-state index in [1.807, 2.05) is 6.07 Å². The van der Waals surface area contributed by atoms with Gasteiger partial charge in [0.1, 0.15) is 5.82 Å². The Morgan fingerprint density at radius 3 is 2.89 bits per heavy atom. The van der Waals surface area contributed by atoms with Crippen molar-refractivity contribution in [1.29, 1.82) is 0 Å². The van der Waals surface area contributed by atoms with E-state index in [2.05, 4.69) is 19.2 Å². The molecule has 3 atom stereocenters. The molecule has 0 radical (unpaired) electrons. The van der Waals surface area contributed by atoms with Crippen LogP contribution >= 0.6 is 0 Å². The van der Waals surface area contributed by atoms with Crippen molar-refractivity contribution in [3.63, 3.8) is 0 Å². The van der Waals surface area contributed by atoms with Gasteiger partial charge < -0.3 is 10.1 Å². The quantitative estimate of drug-likeness (QED) is 0.850. The SMILES string of the molecule is CCNCC(CC1CCC(C)O1)c1cccc(F)c1. The summed E-state index contributed by atoms with van der Waals surface area (Å²) in [7, 11) is 0. The standard InChI is InChI=1S/C16H24FNO/c1-3-18-11-14(10-16-8-7-12(2)19-16)13-5-4-6-15(17)9-13/h4-6,9,12,14,16,18H,3,7-8,10-11H2,1-2H3. The first-order valence-electron chi connectivity index (χ1n) is 7.30. The zero-order valence-electron chi connectivity index (χ0n) is 11.9. The number of benzene rings is 1. The third-order valence-electron chi connectivity index (χ3n) is 3.83. The predicted octanol–water partition coefficient (Wildman–Crippen LogP) is 3.48. The minimum atomic E-state index is -0.153. The highest BCUT2D eigenvalue weighted by molar-refractivity contribution is 5.21. The van der Waals surface area contributed by atoms with Crippen molar-refractivity contribution in [2.75, 3.05) is 13.1 Å². The van der Waals surface area contributed by atoms with E-state index in [0.29, 0.717) is 18.1 Å². The van der Waals surface area contributed by atoms with E-state index in [1.54, 1.807) is 12.1 Å². The summed E-state index contributed by atoms with van der Waals surface area (Å²) in [5.41, 5.74) is 1.07. The second-order valence-electron chi connectivity index (χ2n) is 5.44. The zero-order valence-corrected chi connectivity index (χ0v) is 11.9. The van der Waals surface area contributed by atoms with Gasteiger partial charge in [-0.05, 0) is 56.3 Å². The van der Waals surface area contributed by atoms with Gasteiger partial charge in [-0.15, -0.1) is 0 Å². The summed E-state index contributed by atoms with van der Waals surface area (Å²) in [4.78, 5) is 0. The molecule has 1 saturated heterocycles. The van der Waals surface area contributed by atoms with Crippen molar-refractivity contribution in [2.24, 2.45) is 0 Å². The van der Waals surface area contributed by atoms with Crippen molar-refractivity contribution in [1.82, 2.24) is 5.32 Å². The molecule has 3 heteroatoms. The molecule has 1 aliphatic heterocycles. The normalized spacial score (nSPS) is 24.6. The molecule has 2 rings (SSSR count). The molecule has 0 saturated carbocycles. The van der Waals surface area contributed by atoms with Crippen LogP contribution < -0.4 is 5.32 Å². The molecule has 0 aliphatic carbocycles. The van der Waals surface area contributed by atoms with Crippen molar-refractivity contribution in [3.8, 4) is 0 Å². The lowest BCUT2D eigenvalue weighted by atomic mass is 9.92. The van der Waals surface area contributed by atoms with Gasteiger partial charge >= 0.3 is 0 Å². The molecule has 1 fully saturated rings. The van der Waals surface area contributed by atoms with Crippen molar-refractivity contribution >= 4 is 0 Å². The second kappa shape index (κ2) is 7.01. The molecular formula is C16H24FNO. The Bertz CT molecular complexity index is 396. The molecule has 1 aromatic carbocycles.